The molecule has 3 aromatic rings. The molecule has 0 atom stereocenters. The van der Waals surface area contributed by atoms with Gasteiger partial charge < -0.3 is 10.1 Å². The van der Waals surface area contributed by atoms with Crippen molar-refractivity contribution in [3.05, 3.63) is 47.9 Å². The van der Waals surface area contributed by atoms with Gasteiger partial charge in [-0.05, 0) is 24.6 Å². The van der Waals surface area contributed by atoms with Crippen molar-refractivity contribution in [3.63, 3.8) is 0 Å². The minimum absolute atomic E-state index is 0.324. The van der Waals surface area contributed by atoms with Crippen LogP contribution in [0, 0.1) is 0 Å². The van der Waals surface area contributed by atoms with Crippen molar-refractivity contribution < 1.29 is 22.7 Å². The molecule has 0 radical (unpaired) electrons. The van der Waals surface area contributed by atoms with Gasteiger partial charge in [-0.15, -0.1) is 0 Å². The molecule has 2 aromatic heterocycles. The number of pyridine rings is 1. The first-order valence-electron chi connectivity index (χ1n) is 9.22. The fourth-order valence-corrected chi connectivity index (χ4v) is 2.62. The first-order chi connectivity index (χ1) is 13.8. The number of alkyl halides is 3. The van der Waals surface area contributed by atoms with E-state index >= 15 is 0 Å². The highest BCUT2D eigenvalue weighted by Crippen LogP contribution is 2.31. The Morgan fingerprint density at radius 1 is 1.24 bits per heavy atom. The number of carbonyl (C=O) groups excluding carboxylic acids is 1. The Hall–Kier alpha value is -3.10. The number of nitrogens with one attached hydrogen (secondary N) is 1. The molecule has 29 heavy (non-hydrogen) atoms. The number of anilines is 1. The molecule has 0 aliphatic heterocycles. The fraction of sp³-hybridized carbons (Fsp3) is 0.350. The number of benzene rings is 1. The van der Waals surface area contributed by atoms with Gasteiger partial charge in [0.05, 0.1) is 18.3 Å². The molecule has 0 aliphatic rings. The SMILES string of the molecule is CC.CCCn1cc2cc(NC(=O)c3cccc(C(F)(F)F)n3)c(OC)cc2n1. The van der Waals surface area contributed by atoms with Gasteiger partial charge in [-0.3, -0.25) is 9.48 Å². The van der Waals surface area contributed by atoms with Crippen LogP contribution in [-0.4, -0.2) is 27.8 Å². The number of methoxy groups -OCH3 is 1. The third kappa shape index (κ3) is 5.24. The number of aromatic nitrogens is 3. The third-order valence-electron chi connectivity index (χ3n) is 3.85. The second kappa shape index (κ2) is 9.40. The first-order valence-corrected chi connectivity index (χ1v) is 9.22. The summed E-state index contributed by atoms with van der Waals surface area (Å²) in [6, 6.07) is 6.50. The summed E-state index contributed by atoms with van der Waals surface area (Å²) in [5.74, 6) is -0.413. The van der Waals surface area contributed by atoms with E-state index in [9.17, 15) is 18.0 Å². The van der Waals surface area contributed by atoms with Crippen LogP contribution >= 0.6 is 0 Å². The number of rotatable bonds is 5. The minimum atomic E-state index is -4.62. The van der Waals surface area contributed by atoms with Gasteiger partial charge in [-0.1, -0.05) is 26.8 Å². The zero-order valence-electron chi connectivity index (χ0n) is 16.7. The first kappa shape index (κ1) is 22.2. The summed E-state index contributed by atoms with van der Waals surface area (Å²) in [5.41, 5.74) is -0.451. The quantitative estimate of drug-likeness (QED) is 0.634. The zero-order chi connectivity index (χ0) is 21.6. The molecular formula is C20H23F3N4O2. The van der Waals surface area contributed by atoms with Crippen molar-refractivity contribution >= 4 is 22.5 Å². The molecule has 6 nitrogen and oxygen atoms in total. The Morgan fingerprint density at radius 2 is 1.97 bits per heavy atom. The van der Waals surface area contributed by atoms with Crippen molar-refractivity contribution in [2.75, 3.05) is 12.4 Å². The van der Waals surface area contributed by atoms with Crippen LogP contribution in [0.3, 0.4) is 0 Å². The van der Waals surface area contributed by atoms with Crippen molar-refractivity contribution in [2.24, 2.45) is 0 Å². The molecule has 1 aromatic carbocycles. The summed E-state index contributed by atoms with van der Waals surface area (Å²) in [6.45, 7) is 6.77. The molecule has 0 spiro atoms. The van der Waals surface area contributed by atoms with Crippen molar-refractivity contribution in [2.45, 2.75) is 39.9 Å². The highest BCUT2D eigenvalue weighted by atomic mass is 19.4. The lowest BCUT2D eigenvalue weighted by Crippen LogP contribution is -2.17. The molecule has 0 unspecified atom stereocenters. The Morgan fingerprint density at radius 3 is 2.59 bits per heavy atom. The van der Waals surface area contributed by atoms with Crippen LogP contribution in [0.5, 0.6) is 5.75 Å². The molecule has 0 saturated heterocycles. The highest BCUT2D eigenvalue weighted by molar-refractivity contribution is 6.05. The van der Waals surface area contributed by atoms with Gasteiger partial charge in [0.25, 0.3) is 5.91 Å². The minimum Gasteiger partial charge on any atom is -0.494 e. The molecular weight excluding hydrogens is 385 g/mol. The summed E-state index contributed by atoms with van der Waals surface area (Å²) < 4.78 is 45.4. The summed E-state index contributed by atoms with van der Waals surface area (Å²) >= 11 is 0. The zero-order valence-corrected chi connectivity index (χ0v) is 16.7. The highest BCUT2D eigenvalue weighted by Gasteiger charge is 2.33. The topological polar surface area (TPSA) is 69.0 Å². The Kier molecular flexibility index (Phi) is 7.19. The molecule has 2 heterocycles. The number of aryl methyl sites for hydroxylation is 1. The van der Waals surface area contributed by atoms with Crippen LogP contribution < -0.4 is 10.1 Å². The lowest BCUT2D eigenvalue weighted by molar-refractivity contribution is -0.141. The van der Waals surface area contributed by atoms with Crippen LogP contribution in [0.25, 0.3) is 10.9 Å². The number of halogens is 3. The van der Waals surface area contributed by atoms with Crippen LogP contribution in [0.2, 0.25) is 0 Å². The van der Waals surface area contributed by atoms with E-state index in [0.717, 1.165) is 30.5 Å². The van der Waals surface area contributed by atoms with Gasteiger partial charge in [0.1, 0.15) is 17.1 Å². The van der Waals surface area contributed by atoms with Gasteiger partial charge in [0.2, 0.25) is 0 Å². The number of hydrogen-bond acceptors (Lipinski definition) is 4. The van der Waals surface area contributed by atoms with Gasteiger partial charge in [-0.2, -0.15) is 18.3 Å². The van der Waals surface area contributed by atoms with E-state index in [0.29, 0.717) is 17.0 Å². The molecule has 0 saturated carbocycles. The summed E-state index contributed by atoms with van der Waals surface area (Å²) in [6.07, 6.45) is -1.88. The molecule has 1 N–H and O–H groups in total. The molecule has 1 amide bonds. The van der Waals surface area contributed by atoms with Gasteiger partial charge in [0, 0.05) is 24.2 Å². The number of amides is 1. The van der Waals surface area contributed by atoms with E-state index in [1.165, 1.54) is 13.2 Å². The third-order valence-corrected chi connectivity index (χ3v) is 3.85. The lowest BCUT2D eigenvalue weighted by Gasteiger charge is -2.11. The van der Waals surface area contributed by atoms with E-state index in [2.05, 4.69) is 15.4 Å². The monoisotopic (exact) mass is 408 g/mol. The number of carbonyl (C=O) groups is 1. The molecule has 0 bridgehead atoms. The maximum absolute atomic E-state index is 12.8. The van der Waals surface area contributed by atoms with Crippen LogP contribution in [0.1, 0.15) is 43.4 Å². The Bertz CT molecular complexity index is 984. The molecule has 0 aliphatic carbocycles. The number of hydrogen-bond donors (Lipinski definition) is 1. The normalized spacial score (nSPS) is 11.0. The van der Waals surface area contributed by atoms with Gasteiger partial charge in [0.15, 0.2) is 0 Å². The van der Waals surface area contributed by atoms with Gasteiger partial charge >= 0.3 is 6.18 Å². The molecule has 3 rings (SSSR count). The smallest absolute Gasteiger partial charge is 0.433 e. The summed E-state index contributed by atoms with van der Waals surface area (Å²) in [4.78, 5) is 15.8. The van der Waals surface area contributed by atoms with Crippen LogP contribution in [-0.2, 0) is 12.7 Å². The maximum Gasteiger partial charge on any atom is 0.433 e. The van der Waals surface area contributed by atoms with E-state index in [1.807, 2.05) is 27.0 Å². The average molecular weight is 408 g/mol. The van der Waals surface area contributed by atoms with Crippen molar-refractivity contribution in [1.82, 2.24) is 14.8 Å². The van der Waals surface area contributed by atoms with Gasteiger partial charge in [-0.25, -0.2) is 4.98 Å². The van der Waals surface area contributed by atoms with Crippen molar-refractivity contribution in [3.8, 4) is 5.75 Å². The molecule has 9 heteroatoms. The number of ether oxygens (including phenoxy) is 1. The largest absolute Gasteiger partial charge is 0.494 e. The fourth-order valence-electron chi connectivity index (χ4n) is 2.62. The Labute approximate surface area is 166 Å². The van der Waals surface area contributed by atoms with E-state index in [1.54, 1.807) is 16.8 Å². The van der Waals surface area contributed by atoms with Crippen LogP contribution in [0.15, 0.2) is 36.5 Å². The number of nitrogens with zero attached hydrogens (tertiary/aromatic N) is 3. The molecule has 0 fully saturated rings. The van der Waals surface area contributed by atoms with E-state index in [4.69, 9.17) is 4.74 Å². The summed E-state index contributed by atoms with van der Waals surface area (Å²) in [7, 11) is 1.43. The second-order valence-electron chi connectivity index (χ2n) is 5.86. The maximum atomic E-state index is 12.8. The van der Waals surface area contributed by atoms with Crippen LogP contribution in [0.4, 0.5) is 18.9 Å². The average Bonchev–Trinajstić information content (AvgIpc) is 3.09. The standard InChI is InChI=1S/C18H17F3N4O2.C2H6/c1-3-7-25-10-11-8-14(15(27-2)9-13(11)24-25)23-17(26)12-5-4-6-16(22-12)18(19,20)21;1-2/h4-6,8-10H,3,7H2,1-2H3,(H,23,26);1-2H3. The second-order valence-corrected chi connectivity index (χ2v) is 5.86. The molecule has 156 valence electrons. The lowest BCUT2D eigenvalue weighted by atomic mass is 10.2. The Balaban J connectivity index is 0.00000145. The predicted molar refractivity (Wildman–Crippen MR) is 105 cm³/mol. The van der Waals surface area contributed by atoms with E-state index < -0.39 is 17.8 Å². The number of fused-ring (bicyclic) bond motifs is 1. The predicted octanol–water partition coefficient (Wildman–Crippen LogP) is 5.15. The van der Waals surface area contributed by atoms with E-state index in [-0.39, 0.29) is 5.69 Å². The summed E-state index contributed by atoms with van der Waals surface area (Å²) in [5, 5.41) is 7.75. The van der Waals surface area contributed by atoms with Crippen molar-refractivity contribution in [1.29, 1.82) is 0 Å².